The van der Waals surface area contributed by atoms with E-state index < -0.39 is 29.9 Å². The molecule has 5 aromatic rings. The number of rotatable bonds is 11. The molecule has 0 bridgehead atoms. The number of ether oxygens (including phenoxy) is 5. The maximum atomic E-state index is 15.8. The van der Waals surface area contributed by atoms with E-state index in [1.807, 2.05) is 18.2 Å². The summed E-state index contributed by atoms with van der Waals surface area (Å²) in [6.07, 6.45) is -9.82. The predicted octanol–water partition coefficient (Wildman–Crippen LogP) is 10.0. The Balaban J connectivity index is 1.34. The molecule has 43 heavy (non-hydrogen) atoms. The molecule has 2 atom stereocenters. The van der Waals surface area contributed by atoms with Crippen molar-refractivity contribution in [2.45, 2.75) is 18.4 Å². The largest absolute Gasteiger partial charge is 0.457 e. The van der Waals surface area contributed by atoms with Gasteiger partial charge in [0.1, 0.15) is 46.0 Å². The summed E-state index contributed by atoms with van der Waals surface area (Å²) >= 11 is 0. The molecule has 0 spiro atoms. The summed E-state index contributed by atoms with van der Waals surface area (Å²) in [5.74, 6) is 0.996. The van der Waals surface area contributed by atoms with Gasteiger partial charge in [0, 0.05) is 18.2 Å². The van der Waals surface area contributed by atoms with Gasteiger partial charge in [0.15, 0.2) is 0 Å². The van der Waals surface area contributed by atoms with Crippen molar-refractivity contribution in [3.63, 3.8) is 0 Å². The number of benzene rings is 5. The fraction of sp³-hybridized carbons (Fsp3) is 0.0909. The Kier molecular flexibility index (Phi) is 8.66. The van der Waals surface area contributed by atoms with E-state index in [1.54, 1.807) is 66.7 Å². The van der Waals surface area contributed by atoms with Crippen molar-refractivity contribution in [1.82, 2.24) is 0 Å². The molecule has 0 saturated carbocycles. The first-order valence-electron chi connectivity index (χ1n) is 12.9. The van der Waals surface area contributed by atoms with E-state index in [0.717, 1.165) is 24.3 Å². The van der Waals surface area contributed by atoms with Crippen LogP contribution in [0.4, 0.5) is 22.0 Å². The molecular weight excluding hydrogens is 571 g/mol. The lowest BCUT2D eigenvalue weighted by molar-refractivity contribution is -0.325. The average Bonchev–Trinajstić information content (AvgIpc) is 2.98. The van der Waals surface area contributed by atoms with Crippen LogP contribution in [0.2, 0.25) is 0 Å². The zero-order valence-electron chi connectivity index (χ0n) is 22.2. The van der Waals surface area contributed by atoms with Gasteiger partial charge in [-0.25, -0.2) is 4.39 Å². The lowest BCUT2D eigenvalue weighted by Crippen LogP contribution is -2.53. The zero-order chi connectivity index (χ0) is 30.3. The molecule has 0 heterocycles. The predicted molar refractivity (Wildman–Crippen MR) is 148 cm³/mol. The topological polar surface area (TPSA) is 46.2 Å². The van der Waals surface area contributed by atoms with E-state index >= 15 is 4.39 Å². The summed E-state index contributed by atoms with van der Waals surface area (Å²) in [6, 6.07) is 29.8. The third-order valence-corrected chi connectivity index (χ3v) is 5.71. The van der Waals surface area contributed by atoms with Crippen molar-refractivity contribution in [2.24, 2.45) is 0 Å². The van der Waals surface area contributed by atoms with Crippen molar-refractivity contribution in [3.8, 4) is 46.0 Å². The molecule has 0 radical (unpaired) electrons. The smallest absolute Gasteiger partial charge is 0.449 e. The Bertz CT molecular complexity index is 1630. The molecule has 0 aromatic heterocycles. The van der Waals surface area contributed by atoms with Crippen molar-refractivity contribution in [1.29, 1.82) is 0 Å². The van der Waals surface area contributed by atoms with Crippen LogP contribution in [0.25, 0.3) is 0 Å². The highest BCUT2D eigenvalue weighted by Gasteiger charge is 2.61. The van der Waals surface area contributed by atoms with Gasteiger partial charge < -0.3 is 23.7 Å². The zero-order valence-corrected chi connectivity index (χ0v) is 22.2. The minimum atomic E-state index is -5.65. The second-order valence-corrected chi connectivity index (χ2v) is 9.05. The summed E-state index contributed by atoms with van der Waals surface area (Å²) in [5.41, 5.74) is 0. The number of hydrogen-bond acceptors (Lipinski definition) is 5. The minimum absolute atomic E-state index is 0.0670. The van der Waals surface area contributed by atoms with E-state index in [2.05, 4.69) is 0 Å². The Morgan fingerprint density at radius 3 is 1.07 bits per heavy atom. The molecule has 5 nitrogen and oxygen atoms in total. The number of alkyl halides is 5. The number of para-hydroxylation sites is 2. The molecule has 0 amide bonds. The van der Waals surface area contributed by atoms with Gasteiger partial charge in [-0.15, -0.1) is 0 Å². The highest BCUT2D eigenvalue weighted by Crippen LogP contribution is 2.39. The molecule has 0 saturated heterocycles. The second-order valence-electron chi connectivity index (χ2n) is 9.05. The van der Waals surface area contributed by atoms with Crippen LogP contribution < -0.4 is 23.7 Å². The minimum Gasteiger partial charge on any atom is -0.457 e. The van der Waals surface area contributed by atoms with Crippen molar-refractivity contribution in [3.05, 3.63) is 133 Å². The van der Waals surface area contributed by atoms with E-state index in [0.29, 0.717) is 23.0 Å². The lowest BCUT2D eigenvalue weighted by Gasteiger charge is -2.30. The maximum Gasteiger partial charge on any atom is 0.449 e. The monoisotopic (exact) mass is 594 g/mol. The third kappa shape index (κ3) is 7.94. The molecular formula is C33H23F5O5. The first-order chi connectivity index (χ1) is 20.7. The number of hydrogen-bond donors (Lipinski definition) is 0. The molecule has 220 valence electrons. The average molecular weight is 595 g/mol. The summed E-state index contributed by atoms with van der Waals surface area (Å²) in [6.45, 7) is 0. The number of halogens is 5. The third-order valence-electron chi connectivity index (χ3n) is 5.71. The highest BCUT2D eigenvalue weighted by atomic mass is 19.4. The maximum absolute atomic E-state index is 15.8. The Hall–Kier alpha value is -5.25. The molecule has 0 N–H and O–H groups in total. The van der Waals surface area contributed by atoms with E-state index in [-0.39, 0.29) is 11.5 Å². The fourth-order valence-corrected chi connectivity index (χ4v) is 3.83. The first kappa shape index (κ1) is 29.2. The van der Waals surface area contributed by atoms with Gasteiger partial charge in [-0.3, -0.25) is 0 Å². The van der Waals surface area contributed by atoms with Crippen LogP contribution in [0.15, 0.2) is 133 Å². The summed E-state index contributed by atoms with van der Waals surface area (Å²) in [4.78, 5) is 0. The lowest BCUT2D eigenvalue weighted by atomic mass is 10.2. The van der Waals surface area contributed by atoms with E-state index in [1.165, 1.54) is 24.3 Å². The van der Waals surface area contributed by atoms with Gasteiger partial charge in [0.25, 0.3) is 0 Å². The quantitative estimate of drug-likeness (QED) is 0.113. The van der Waals surface area contributed by atoms with Gasteiger partial charge in [0.2, 0.25) is 0 Å². The molecule has 2 unspecified atom stereocenters. The van der Waals surface area contributed by atoms with Crippen LogP contribution >= 0.6 is 0 Å². The van der Waals surface area contributed by atoms with E-state index in [4.69, 9.17) is 23.7 Å². The molecule has 0 fully saturated rings. The molecule has 0 aliphatic heterocycles. The summed E-state index contributed by atoms with van der Waals surface area (Å²) < 4.78 is 97.7. The Labute approximate surface area is 243 Å². The fourth-order valence-electron chi connectivity index (χ4n) is 3.83. The van der Waals surface area contributed by atoms with E-state index in [9.17, 15) is 17.6 Å². The Morgan fingerprint density at radius 2 is 0.698 bits per heavy atom. The standard InChI is InChI=1S/C33H23F5O5/c34-31(32(35,36)37)33(38,42-29-18-8-16-27(21-29)40-24-12-5-2-6-13-24)43-30-19-9-17-28(22-30)41-26-15-7-14-25(20-26)39-23-10-3-1-4-11-23/h1-22,31H. The van der Waals surface area contributed by atoms with Crippen molar-refractivity contribution < 1.29 is 45.6 Å². The molecule has 0 aliphatic carbocycles. The second kappa shape index (κ2) is 12.7. The van der Waals surface area contributed by atoms with Crippen LogP contribution in [0, 0.1) is 0 Å². The molecule has 10 heteroatoms. The summed E-state index contributed by atoms with van der Waals surface area (Å²) in [7, 11) is 0. The summed E-state index contributed by atoms with van der Waals surface area (Å²) in [5, 5.41) is 0. The van der Waals surface area contributed by atoms with Crippen LogP contribution in [0.5, 0.6) is 46.0 Å². The van der Waals surface area contributed by atoms with Crippen LogP contribution in [-0.4, -0.2) is 18.4 Å². The Morgan fingerprint density at radius 1 is 0.395 bits per heavy atom. The van der Waals surface area contributed by atoms with Gasteiger partial charge in [-0.05, 0) is 60.7 Å². The van der Waals surface area contributed by atoms with Gasteiger partial charge in [-0.2, -0.15) is 17.6 Å². The van der Waals surface area contributed by atoms with Crippen LogP contribution in [0.1, 0.15) is 0 Å². The highest BCUT2D eigenvalue weighted by molar-refractivity contribution is 5.41. The molecule has 5 rings (SSSR count). The van der Waals surface area contributed by atoms with Crippen molar-refractivity contribution in [2.75, 3.05) is 0 Å². The van der Waals surface area contributed by atoms with Gasteiger partial charge in [0.05, 0.1) is 0 Å². The van der Waals surface area contributed by atoms with Crippen LogP contribution in [-0.2, 0) is 0 Å². The molecule has 5 aromatic carbocycles. The normalized spacial score (nSPS) is 13.3. The van der Waals surface area contributed by atoms with Crippen LogP contribution in [0.3, 0.4) is 0 Å². The van der Waals surface area contributed by atoms with Crippen molar-refractivity contribution >= 4 is 0 Å². The first-order valence-corrected chi connectivity index (χ1v) is 12.9. The SMILES string of the molecule is FC(C(F)(F)F)C(F)(Oc1cccc(Oc2ccccc2)c1)Oc1cccc(Oc2cccc(Oc3ccccc3)c2)c1. The van der Waals surface area contributed by atoms with Gasteiger partial charge in [-0.1, -0.05) is 54.6 Å². The molecule has 0 aliphatic rings. The van der Waals surface area contributed by atoms with Gasteiger partial charge >= 0.3 is 18.4 Å².